The zero-order valence-electron chi connectivity index (χ0n) is 17.5. The lowest BCUT2D eigenvalue weighted by molar-refractivity contribution is -0.122. The summed E-state index contributed by atoms with van der Waals surface area (Å²) in [6, 6.07) is 10.4. The van der Waals surface area contributed by atoms with Gasteiger partial charge in [0.15, 0.2) is 0 Å². The van der Waals surface area contributed by atoms with Crippen LogP contribution in [0, 0.1) is 5.92 Å². The lowest BCUT2D eigenvalue weighted by atomic mass is 9.88. The molecule has 2 heterocycles. The zero-order chi connectivity index (χ0) is 20.9. The highest BCUT2D eigenvalue weighted by molar-refractivity contribution is 7.10. The van der Waals surface area contributed by atoms with Crippen molar-refractivity contribution in [1.82, 2.24) is 15.8 Å². The van der Waals surface area contributed by atoms with Crippen molar-refractivity contribution in [2.24, 2.45) is 5.92 Å². The summed E-state index contributed by atoms with van der Waals surface area (Å²) in [6.07, 6.45) is 3.50. The Morgan fingerprint density at radius 1 is 1.10 bits per heavy atom. The number of carbonyl (C=O) groups is 2. The van der Waals surface area contributed by atoms with Crippen molar-refractivity contribution in [1.29, 1.82) is 0 Å². The molecule has 2 aliphatic rings. The van der Waals surface area contributed by atoms with E-state index in [1.54, 1.807) is 11.3 Å². The van der Waals surface area contributed by atoms with E-state index in [0.29, 0.717) is 18.9 Å². The Morgan fingerprint density at radius 2 is 1.87 bits per heavy atom. The predicted molar refractivity (Wildman–Crippen MR) is 121 cm³/mol. The van der Waals surface area contributed by atoms with Crippen molar-refractivity contribution in [3.8, 4) is 0 Å². The van der Waals surface area contributed by atoms with Crippen LogP contribution >= 0.6 is 11.3 Å². The summed E-state index contributed by atoms with van der Waals surface area (Å²) in [4.78, 5) is 30.7. The second-order valence-electron chi connectivity index (χ2n) is 8.32. The van der Waals surface area contributed by atoms with Crippen LogP contribution in [-0.2, 0) is 17.6 Å². The Balaban J connectivity index is 1.18. The fourth-order valence-electron chi connectivity index (χ4n) is 4.25. The number of carbonyl (C=O) groups excluding carboxylic acids is 2. The summed E-state index contributed by atoms with van der Waals surface area (Å²) >= 11 is 1.66. The number of nitrogens with one attached hydrogen (secondary N) is 2. The van der Waals surface area contributed by atoms with E-state index in [9.17, 15) is 9.59 Å². The topological polar surface area (TPSA) is 64.7 Å². The SMILES string of the molecule is C[C@@H]1CCc2c(C(=O)NNC(=O)CCN3CCN(c4ccccc4)CC3)csc2C1. The number of nitrogens with zero attached hydrogens (tertiary/aromatic N) is 2. The summed E-state index contributed by atoms with van der Waals surface area (Å²) < 4.78 is 0. The number of hydrogen-bond acceptors (Lipinski definition) is 5. The molecule has 2 amide bonds. The lowest BCUT2D eigenvalue weighted by Crippen LogP contribution is -2.48. The number of anilines is 1. The average molecular weight is 427 g/mol. The molecule has 0 spiro atoms. The largest absolute Gasteiger partial charge is 0.369 e. The van der Waals surface area contributed by atoms with Crippen LogP contribution in [-0.4, -0.2) is 49.4 Å². The summed E-state index contributed by atoms with van der Waals surface area (Å²) in [7, 11) is 0. The Labute approximate surface area is 182 Å². The van der Waals surface area contributed by atoms with Crippen LogP contribution in [0.5, 0.6) is 0 Å². The fraction of sp³-hybridized carbons (Fsp3) is 0.478. The molecular formula is C23H30N4O2S. The molecule has 1 aromatic heterocycles. The first kappa shape index (κ1) is 20.9. The maximum atomic E-state index is 12.5. The molecule has 1 saturated heterocycles. The van der Waals surface area contributed by atoms with E-state index in [2.05, 4.69) is 51.8 Å². The molecule has 7 heteroatoms. The third-order valence-corrected chi connectivity index (χ3v) is 7.16. The summed E-state index contributed by atoms with van der Waals surface area (Å²) in [5.74, 6) is 0.333. The number of hydrogen-bond donors (Lipinski definition) is 2. The first-order valence-corrected chi connectivity index (χ1v) is 11.7. The normalized spacial score (nSPS) is 19.2. The second-order valence-corrected chi connectivity index (χ2v) is 9.28. The lowest BCUT2D eigenvalue weighted by Gasteiger charge is -2.36. The fourth-order valence-corrected chi connectivity index (χ4v) is 5.50. The number of fused-ring (bicyclic) bond motifs is 1. The highest BCUT2D eigenvalue weighted by Gasteiger charge is 2.23. The molecule has 1 aliphatic carbocycles. The van der Waals surface area contributed by atoms with Crippen LogP contribution < -0.4 is 15.8 Å². The van der Waals surface area contributed by atoms with E-state index < -0.39 is 0 Å². The van der Waals surface area contributed by atoms with Gasteiger partial charge >= 0.3 is 0 Å². The number of benzene rings is 1. The van der Waals surface area contributed by atoms with Crippen LogP contribution in [0.15, 0.2) is 35.7 Å². The van der Waals surface area contributed by atoms with Gasteiger partial charge in [-0.3, -0.25) is 25.3 Å². The van der Waals surface area contributed by atoms with Crippen molar-refractivity contribution in [3.63, 3.8) is 0 Å². The molecule has 6 nitrogen and oxygen atoms in total. The van der Waals surface area contributed by atoms with E-state index in [1.165, 1.54) is 16.1 Å². The van der Waals surface area contributed by atoms with Gasteiger partial charge < -0.3 is 4.90 Å². The van der Waals surface area contributed by atoms with Crippen molar-refractivity contribution >= 4 is 28.8 Å². The Hall–Kier alpha value is -2.38. The van der Waals surface area contributed by atoms with Crippen molar-refractivity contribution in [3.05, 3.63) is 51.7 Å². The molecule has 30 heavy (non-hydrogen) atoms. The summed E-state index contributed by atoms with van der Waals surface area (Å²) in [5.41, 5.74) is 8.34. The third kappa shape index (κ3) is 5.02. The number of para-hydroxylation sites is 1. The zero-order valence-corrected chi connectivity index (χ0v) is 18.3. The van der Waals surface area contributed by atoms with Crippen LogP contribution in [0.3, 0.4) is 0 Å². The Bertz CT molecular complexity index is 875. The Kier molecular flexibility index (Phi) is 6.69. The maximum Gasteiger partial charge on any atom is 0.270 e. The van der Waals surface area contributed by atoms with Crippen LogP contribution in [0.2, 0.25) is 0 Å². The monoisotopic (exact) mass is 426 g/mol. The molecule has 1 fully saturated rings. The number of hydrazine groups is 1. The van der Waals surface area contributed by atoms with E-state index >= 15 is 0 Å². The van der Waals surface area contributed by atoms with E-state index in [4.69, 9.17) is 0 Å². The first-order valence-electron chi connectivity index (χ1n) is 10.8. The Morgan fingerprint density at radius 3 is 2.63 bits per heavy atom. The van der Waals surface area contributed by atoms with Gasteiger partial charge in [0.05, 0.1) is 5.56 Å². The second kappa shape index (κ2) is 9.62. The van der Waals surface area contributed by atoms with Crippen LogP contribution in [0.1, 0.15) is 40.6 Å². The van der Waals surface area contributed by atoms with Gasteiger partial charge in [0, 0.05) is 55.1 Å². The molecule has 2 aromatic rings. The van der Waals surface area contributed by atoms with Gasteiger partial charge in [-0.25, -0.2) is 0 Å². The van der Waals surface area contributed by atoms with Gasteiger partial charge in [0.25, 0.3) is 5.91 Å². The molecule has 2 N–H and O–H groups in total. The molecule has 160 valence electrons. The standard InChI is InChI=1S/C23H30N4O2S/c1-17-7-8-19-20(16-30-21(19)15-17)23(29)25-24-22(28)9-10-26-11-13-27(14-12-26)18-5-3-2-4-6-18/h2-6,16-17H,7-15H2,1H3,(H,24,28)(H,25,29)/t17-/m1/s1. The molecule has 0 radical (unpaired) electrons. The molecule has 1 aliphatic heterocycles. The van der Waals surface area contributed by atoms with E-state index in [1.807, 2.05) is 11.4 Å². The predicted octanol–water partition coefficient (Wildman–Crippen LogP) is 2.85. The number of amides is 2. The van der Waals surface area contributed by atoms with Crippen molar-refractivity contribution in [2.45, 2.75) is 32.6 Å². The molecule has 1 aromatic carbocycles. The highest BCUT2D eigenvalue weighted by Crippen LogP contribution is 2.32. The van der Waals surface area contributed by atoms with E-state index in [-0.39, 0.29) is 11.8 Å². The number of rotatable bonds is 5. The first-order chi connectivity index (χ1) is 14.6. The average Bonchev–Trinajstić information content (AvgIpc) is 3.20. The van der Waals surface area contributed by atoms with Crippen molar-refractivity contribution < 1.29 is 9.59 Å². The minimum Gasteiger partial charge on any atom is -0.369 e. The summed E-state index contributed by atoms with van der Waals surface area (Å²) in [6.45, 7) is 6.76. The molecule has 0 unspecified atom stereocenters. The minimum absolute atomic E-state index is 0.147. The van der Waals surface area contributed by atoms with E-state index in [0.717, 1.165) is 51.0 Å². The number of thiophene rings is 1. The van der Waals surface area contributed by atoms with Gasteiger partial charge in [0.2, 0.25) is 5.91 Å². The molecule has 0 bridgehead atoms. The number of piperazine rings is 1. The minimum atomic E-state index is -0.202. The third-order valence-electron chi connectivity index (χ3n) is 6.11. The molecule has 0 saturated carbocycles. The molecular weight excluding hydrogens is 396 g/mol. The van der Waals surface area contributed by atoms with Crippen LogP contribution in [0.4, 0.5) is 5.69 Å². The highest BCUT2D eigenvalue weighted by atomic mass is 32.1. The maximum absolute atomic E-state index is 12.5. The van der Waals surface area contributed by atoms with Gasteiger partial charge in [0.1, 0.15) is 0 Å². The quantitative estimate of drug-likeness (QED) is 0.722. The molecule has 1 atom stereocenters. The smallest absolute Gasteiger partial charge is 0.270 e. The van der Waals surface area contributed by atoms with Gasteiger partial charge in [-0.15, -0.1) is 11.3 Å². The van der Waals surface area contributed by atoms with Gasteiger partial charge in [-0.05, 0) is 42.9 Å². The van der Waals surface area contributed by atoms with Gasteiger partial charge in [-0.2, -0.15) is 0 Å². The van der Waals surface area contributed by atoms with Crippen LogP contribution in [0.25, 0.3) is 0 Å². The van der Waals surface area contributed by atoms with Gasteiger partial charge in [-0.1, -0.05) is 25.1 Å². The van der Waals surface area contributed by atoms with Crippen molar-refractivity contribution in [2.75, 3.05) is 37.6 Å². The summed E-state index contributed by atoms with van der Waals surface area (Å²) in [5, 5.41) is 1.93. The molecule has 4 rings (SSSR count).